The molecule has 0 bridgehead atoms. The lowest BCUT2D eigenvalue weighted by Crippen LogP contribution is -2.03. The van der Waals surface area contributed by atoms with Crippen LogP contribution in [0.15, 0.2) is 12.1 Å². The van der Waals surface area contributed by atoms with Crippen LogP contribution in [0.4, 0.5) is 4.39 Å². The second kappa shape index (κ2) is 10.2. The lowest BCUT2D eigenvalue weighted by atomic mass is 10.00. The maximum absolute atomic E-state index is 13.1. The average molecular weight is 310 g/mol. The SMILES string of the molecule is CCCCCCCCC(=O)c1ccc(OCC)c(CF)c1O. The summed E-state index contributed by atoms with van der Waals surface area (Å²) in [4.78, 5) is 12.2. The molecule has 0 aliphatic heterocycles. The Morgan fingerprint density at radius 1 is 1.14 bits per heavy atom. The number of hydrogen-bond acceptors (Lipinski definition) is 3. The third-order valence-electron chi connectivity index (χ3n) is 3.73. The number of carbonyl (C=O) groups is 1. The number of aromatic hydroxyl groups is 1. The van der Waals surface area contributed by atoms with E-state index in [1.165, 1.54) is 25.3 Å². The Balaban J connectivity index is 2.62. The van der Waals surface area contributed by atoms with E-state index in [-0.39, 0.29) is 22.7 Å². The molecule has 0 spiro atoms. The van der Waals surface area contributed by atoms with Crippen molar-refractivity contribution in [1.82, 2.24) is 0 Å². The second-order valence-electron chi connectivity index (χ2n) is 5.45. The van der Waals surface area contributed by atoms with Gasteiger partial charge in [0.15, 0.2) is 5.78 Å². The van der Waals surface area contributed by atoms with Gasteiger partial charge in [-0.1, -0.05) is 39.0 Å². The summed E-state index contributed by atoms with van der Waals surface area (Å²) < 4.78 is 18.4. The van der Waals surface area contributed by atoms with Gasteiger partial charge in [0.2, 0.25) is 0 Å². The molecule has 0 unspecified atom stereocenters. The zero-order valence-corrected chi connectivity index (χ0v) is 13.7. The number of phenols is 1. The van der Waals surface area contributed by atoms with Crippen LogP contribution in [0.5, 0.6) is 11.5 Å². The number of rotatable bonds is 11. The third-order valence-corrected chi connectivity index (χ3v) is 3.73. The Bertz CT molecular complexity index is 472. The maximum Gasteiger partial charge on any atom is 0.166 e. The molecule has 0 aliphatic rings. The minimum absolute atomic E-state index is 0.0654. The quantitative estimate of drug-likeness (QED) is 0.452. The van der Waals surface area contributed by atoms with Crippen LogP contribution < -0.4 is 4.74 Å². The standard InChI is InChI=1S/C18H27FO3/c1-3-5-6-7-8-9-10-16(20)14-11-12-17(22-4-2)15(13-19)18(14)21/h11-12,21H,3-10,13H2,1-2H3. The lowest BCUT2D eigenvalue weighted by molar-refractivity contribution is 0.0976. The van der Waals surface area contributed by atoms with Gasteiger partial charge in [0.1, 0.15) is 18.2 Å². The number of carbonyl (C=O) groups excluding carboxylic acids is 1. The first-order valence-corrected chi connectivity index (χ1v) is 8.22. The maximum atomic E-state index is 13.1. The molecule has 1 aromatic carbocycles. The monoisotopic (exact) mass is 310 g/mol. The highest BCUT2D eigenvalue weighted by Crippen LogP contribution is 2.33. The fraction of sp³-hybridized carbons (Fsp3) is 0.611. The largest absolute Gasteiger partial charge is 0.507 e. The second-order valence-corrected chi connectivity index (χ2v) is 5.45. The van der Waals surface area contributed by atoms with Crippen LogP contribution in [0, 0.1) is 0 Å². The van der Waals surface area contributed by atoms with Gasteiger partial charge in [0.25, 0.3) is 0 Å². The molecule has 1 rings (SSSR count). The molecule has 0 atom stereocenters. The van der Waals surface area contributed by atoms with E-state index < -0.39 is 6.67 Å². The number of ether oxygens (including phenoxy) is 1. The van der Waals surface area contributed by atoms with Gasteiger partial charge in [0, 0.05) is 6.42 Å². The Morgan fingerprint density at radius 3 is 2.45 bits per heavy atom. The number of hydrogen-bond donors (Lipinski definition) is 1. The van der Waals surface area contributed by atoms with E-state index >= 15 is 0 Å². The predicted octanol–water partition coefficient (Wildman–Crippen LogP) is 5.19. The summed E-state index contributed by atoms with van der Waals surface area (Å²) in [5.41, 5.74) is 0.264. The summed E-state index contributed by atoms with van der Waals surface area (Å²) in [6, 6.07) is 3.09. The summed E-state index contributed by atoms with van der Waals surface area (Å²) in [5.74, 6) is -0.103. The fourth-order valence-electron chi connectivity index (χ4n) is 2.46. The molecular weight excluding hydrogens is 283 g/mol. The highest BCUT2D eigenvalue weighted by Gasteiger charge is 2.18. The molecule has 3 nitrogen and oxygen atoms in total. The molecule has 124 valence electrons. The van der Waals surface area contributed by atoms with Gasteiger partial charge >= 0.3 is 0 Å². The summed E-state index contributed by atoms with van der Waals surface area (Å²) in [6.45, 7) is 3.49. The van der Waals surface area contributed by atoms with E-state index in [1.54, 1.807) is 13.0 Å². The van der Waals surface area contributed by atoms with E-state index in [4.69, 9.17) is 4.74 Å². The molecule has 0 radical (unpaired) electrons. The molecular formula is C18H27FO3. The Kier molecular flexibility index (Phi) is 8.56. The molecule has 0 saturated carbocycles. The van der Waals surface area contributed by atoms with Crippen molar-refractivity contribution >= 4 is 5.78 Å². The highest BCUT2D eigenvalue weighted by atomic mass is 19.1. The molecule has 0 amide bonds. The summed E-state index contributed by atoms with van der Waals surface area (Å²) >= 11 is 0. The normalized spacial score (nSPS) is 10.7. The number of unbranched alkanes of at least 4 members (excludes halogenated alkanes) is 5. The first kappa shape index (κ1) is 18.5. The number of ketones is 1. The molecule has 0 fully saturated rings. The molecule has 0 saturated heterocycles. The van der Waals surface area contributed by atoms with Crippen LogP contribution in [0.1, 0.15) is 74.7 Å². The molecule has 0 heterocycles. The van der Waals surface area contributed by atoms with Crippen molar-refractivity contribution in [1.29, 1.82) is 0 Å². The average Bonchev–Trinajstić information content (AvgIpc) is 2.51. The first-order valence-electron chi connectivity index (χ1n) is 8.22. The van der Waals surface area contributed by atoms with Crippen LogP contribution in [-0.2, 0) is 6.67 Å². The van der Waals surface area contributed by atoms with Crippen LogP contribution >= 0.6 is 0 Å². The zero-order chi connectivity index (χ0) is 16.4. The number of alkyl halides is 1. The van der Waals surface area contributed by atoms with Crippen molar-refractivity contribution in [2.75, 3.05) is 6.61 Å². The smallest absolute Gasteiger partial charge is 0.166 e. The van der Waals surface area contributed by atoms with Crippen LogP contribution in [0.25, 0.3) is 0 Å². The van der Waals surface area contributed by atoms with E-state index in [2.05, 4.69) is 6.92 Å². The molecule has 0 aliphatic carbocycles. The summed E-state index contributed by atoms with van der Waals surface area (Å²) in [5, 5.41) is 10.1. The van der Waals surface area contributed by atoms with Gasteiger partial charge < -0.3 is 9.84 Å². The van der Waals surface area contributed by atoms with Crippen molar-refractivity contribution < 1.29 is 19.0 Å². The van der Waals surface area contributed by atoms with Gasteiger partial charge in [-0.25, -0.2) is 4.39 Å². The van der Waals surface area contributed by atoms with Crippen molar-refractivity contribution in [3.63, 3.8) is 0 Å². The van der Waals surface area contributed by atoms with Crippen molar-refractivity contribution in [2.24, 2.45) is 0 Å². The van der Waals surface area contributed by atoms with E-state index in [9.17, 15) is 14.3 Å². The molecule has 1 N–H and O–H groups in total. The van der Waals surface area contributed by atoms with Gasteiger partial charge in [-0.3, -0.25) is 4.79 Å². The summed E-state index contributed by atoms with van der Waals surface area (Å²) in [6.07, 6.45) is 6.97. The zero-order valence-electron chi connectivity index (χ0n) is 13.7. The molecule has 1 aromatic rings. The lowest BCUT2D eigenvalue weighted by Gasteiger charge is -2.12. The minimum atomic E-state index is -0.848. The number of Topliss-reactive ketones (excluding diaryl/α,β-unsaturated/α-hetero) is 1. The minimum Gasteiger partial charge on any atom is -0.507 e. The fourth-order valence-corrected chi connectivity index (χ4v) is 2.46. The van der Waals surface area contributed by atoms with Crippen LogP contribution in [0.3, 0.4) is 0 Å². The Labute approximate surface area is 132 Å². The van der Waals surface area contributed by atoms with Crippen LogP contribution in [-0.4, -0.2) is 17.5 Å². The van der Waals surface area contributed by atoms with E-state index in [0.717, 1.165) is 19.3 Å². The van der Waals surface area contributed by atoms with E-state index in [1.807, 2.05) is 0 Å². The van der Waals surface area contributed by atoms with Crippen LogP contribution in [0.2, 0.25) is 0 Å². The van der Waals surface area contributed by atoms with Gasteiger partial charge in [-0.15, -0.1) is 0 Å². The predicted molar refractivity (Wildman–Crippen MR) is 86.4 cm³/mol. The van der Waals surface area contributed by atoms with E-state index in [0.29, 0.717) is 18.8 Å². The number of benzene rings is 1. The first-order chi connectivity index (χ1) is 10.7. The van der Waals surface area contributed by atoms with Gasteiger partial charge in [0.05, 0.1) is 17.7 Å². The van der Waals surface area contributed by atoms with Crippen molar-refractivity contribution in [2.45, 2.75) is 65.5 Å². The van der Waals surface area contributed by atoms with Gasteiger partial charge in [-0.05, 0) is 25.5 Å². The number of halogens is 1. The molecule has 22 heavy (non-hydrogen) atoms. The van der Waals surface area contributed by atoms with Gasteiger partial charge in [-0.2, -0.15) is 0 Å². The molecule has 4 heteroatoms. The molecule has 0 aromatic heterocycles. The Morgan fingerprint density at radius 2 is 1.82 bits per heavy atom. The summed E-state index contributed by atoms with van der Waals surface area (Å²) in [7, 11) is 0. The van der Waals surface area contributed by atoms with Crippen molar-refractivity contribution in [3.05, 3.63) is 23.3 Å². The number of phenolic OH excluding ortho intramolecular Hbond substituents is 1. The highest BCUT2D eigenvalue weighted by molar-refractivity contribution is 5.99. The Hall–Kier alpha value is -1.58. The third kappa shape index (κ3) is 5.32. The van der Waals surface area contributed by atoms with Crippen molar-refractivity contribution in [3.8, 4) is 11.5 Å². The topological polar surface area (TPSA) is 46.5 Å².